The molecule has 1 aliphatic heterocycles. The maximum atomic E-state index is 5.18. The van der Waals surface area contributed by atoms with Crippen LogP contribution in [0.4, 0.5) is 0 Å². The lowest BCUT2D eigenvalue weighted by Gasteiger charge is -2.17. The molecule has 5 heterocycles. The summed E-state index contributed by atoms with van der Waals surface area (Å²) in [5, 5.41) is 3.02. The Bertz CT molecular complexity index is 2480. The number of nitrogens with zero attached hydrogens (tertiary/aromatic N) is 6. The van der Waals surface area contributed by atoms with Gasteiger partial charge >= 0.3 is 0 Å². The van der Waals surface area contributed by atoms with E-state index >= 15 is 0 Å². The van der Waals surface area contributed by atoms with Gasteiger partial charge in [-0.3, -0.25) is 14.4 Å². The fourth-order valence-electron chi connectivity index (χ4n) is 6.46. The molecule has 0 saturated carbocycles. The average molecular weight is 605 g/mol. The van der Waals surface area contributed by atoms with Crippen LogP contribution in [0.5, 0.6) is 0 Å². The monoisotopic (exact) mass is 604 g/mol. The zero-order valence-electron chi connectivity index (χ0n) is 25.4. The van der Waals surface area contributed by atoms with Crippen molar-refractivity contribution in [1.82, 2.24) is 24.3 Å². The van der Waals surface area contributed by atoms with E-state index in [1.165, 1.54) is 5.56 Å². The van der Waals surface area contributed by atoms with Crippen molar-refractivity contribution in [2.75, 3.05) is 6.54 Å². The average Bonchev–Trinajstić information content (AvgIpc) is 3.62. The molecule has 6 heteroatoms. The first-order chi connectivity index (χ1) is 23.3. The molecule has 222 valence electrons. The highest BCUT2D eigenvalue weighted by atomic mass is 15.0. The summed E-state index contributed by atoms with van der Waals surface area (Å²) in [5.74, 6) is 0.782. The van der Waals surface area contributed by atoms with E-state index in [0.29, 0.717) is 12.4 Å². The summed E-state index contributed by atoms with van der Waals surface area (Å²) in [7, 11) is 0. The Labute approximate surface area is 271 Å². The van der Waals surface area contributed by atoms with E-state index in [1.54, 1.807) is 0 Å². The Morgan fingerprint density at radius 2 is 1.23 bits per heavy atom. The van der Waals surface area contributed by atoms with Crippen molar-refractivity contribution in [3.05, 3.63) is 162 Å². The van der Waals surface area contributed by atoms with Gasteiger partial charge in [0.25, 0.3) is 0 Å². The van der Waals surface area contributed by atoms with Gasteiger partial charge in [-0.1, -0.05) is 109 Å². The summed E-state index contributed by atoms with van der Waals surface area (Å²) in [5.41, 5.74) is 9.72. The summed E-state index contributed by atoms with van der Waals surface area (Å²) in [6, 6.07) is 45.6. The number of aromatic nitrogens is 5. The molecule has 0 radical (unpaired) electrons. The summed E-state index contributed by atoms with van der Waals surface area (Å²) >= 11 is 0. The standard InChI is InChI=1S/C41H28N6/c1-4-12-27(13-5-1)34-24-35(45-40(44-34)29-16-8-3-9-17-29)31-19-10-18-30(22-31)32-23-37-38(43-25-32)33-20-11-21-42-39(33)41-46-36(26-47(37)41)28-14-6-2-7-15-28/h1-24,26,32H,25H2. The van der Waals surface area contributed by atoms with Gasteiger partial charge in [0.1, 0.15) is 5.52 Å². The molecule has 0 saturated heterocycles. The van der Waals surface area contributed by atoms with Gasteiger partial charge in [-0.15, -0.1) is 0 Å². The van der Waals surface area contributed by atoms with E-state index in [1.807, 2.05) is 66.9 Å². The van der Waals surface area contributed by atoms with Crippen LogP contribution in [-0.4, -0.2) is 30.9 Å². The first-order valence-corrected chi connectivity index (χ1v) is 15.8. The van der Waals surface area contributed by atoms with Crippen molar-refractivity contribution < 1.29 is 0 Å². The van der Waals surface area contributed by atoms with Crippen LogP contribution in [0.3, 0.4) is 0 Å². The molecule has 4 aromatic heterocycles. The van der Waals surface area contributed by atoms with E-state index in [2.05, 4.69) is 89.5 Å². The van der Waals surface area contributed by atoms with Crippen molar-refractivity contribution in [2.45, 2.75) is 5.92 Å². The molecule has 0 spiro atoms. The molecule has 8 aromatic rings. The number of benzene rings is 4. The SMILES string of the molecule is C1=c2c(c3cccnc3c3nc(-c4ccccc4)cn23)=NCC1c1cccc(-c2cc(-c3ccccc3)nc(-c3ccccc3)n2)c1. The molecular formula is C41H28N6. The number of hydrogen-bond donors (Lipinski definition) is 0. The molecule has 0 N–H and O–H groups in total. The topological polar surface area (TPSA) is 68.3 Å². The fourth-order valence-corrected chi connectivity index (χ4v) is 6.46. The Kier molecular flexibility index (Phi) is 6.49. The number of hydrogen-bond acceptors (Lipinski definition) is 5. The van der Waals surface area contributed by atoms with Crippen LogP contribution in [0, 0.1) is 0 Å². The lowest BCUT2D eigenvalue weighted by molar-refractivity contribution is 0.827. The molecular weight excluding hydrogens is 576 g/mol. The smallest absolute Gasteiger partial charge is 0.164 e. The quantitative estimate of drug-likeness (QED) is 0.204. The third kappa shape index (κ3) is 4.87. The minimum absolute atomic E-state index is 0.0753. The third-order valence-corrected chi connectivity index (χ3v) is 8.80. The number of pyridine rings is 2. The maximum Gasteiger partial charge on any atom is 0.164 e. The van der Waals surface area contributed by atoms with Gasteiger partial charge in [0.05, 0.1) is 34.3 Å². The van der Waals surface area contributed by atoms with E-state index in [0.717, 1.165) is 66.6 Å². The van der Waals surface area contributed by atoms with Crippen molar-refractivity contribution in [3.63, 3.8) is 0 Å². The Hall–Kier alpha value is -6.27. The largest absolute Gasteiger partial charge is 0.296 e. The minimum atomic E-state index is 0.0753. The number of imidazole rings is 1. The van der Waals surface area contributed by atoms with E-state index in [4.69, 9.17) is 24.9 Å². The molecule has 4 aromatic carbocycles. The number of fused-ring (bicyclic) bond motifs is 6. The molecule has 1 unspecified atom stereocenters. The van der Waals surface area contributed by atoms with Crippen LogP contribution in [-0.2, 0) is 0 Å². The van der Waals surface area contributed by atoms with Gasteiger partial charge in [-0.2, -0.15) is 0 Å². The van der Waals surface area contributed by atoms with E-state index in [-0.39, 0.29) is 5.92 Å². The summed E-state index contributed by atoms with van der Waals surface area (Å²) in [4.78, 5) is 25.0. The van der Waals surface area contributed by atoms with Gasteiger partial charge in [0, 0.05) is 46.0 Å². The van der Waals surface area contributed by atoms with Crippen LogP contribution in [0.25, 0.3) is 67.8 Å². The Morgan fingerprint density at radius 1 is 0.574 bits per heavy atom. The molecule has 6 nitrogen and oxygen atoms in total. The van der Waals surface area contributed by atoms with Gasteiger partial charge in [0.2, 0.25) is 0 Å². The first-order valence-electron chi connectivity index (χ1n) is 15.8. The predicted molar refractivity (Wildman–Crippen MR) is 187 cm³/mol. The third-order valence-electron chi connectivity index (χ3n) is 8.80. The van der Waals surface area contributed by atoms with Crippen molar-refractivity contribution >= 4 is 22.6 Å². The van der Waals surface area contributed by atoms with E-state index in [9.17, 15) is 0 Å². The van der Waals surface area contributed by atoms with Crippen LogP contribution in [0.1, 0.15) is 11.5 Å². The van der Waals surface area contributed by atoms with Crippen molar-refractivity contribution in [3.8, 4) is 45.2 Å². The van der Waals surface area contributed by atoms with Crippen molar-refractivity contribution in [1.29, 1.82) is 0 Å². The van der Waals surface area contributed by atoms with Gasteiger partial charge in [-0.05, 0) is 35.9 Å². The molecule has 9 rings (SSSR count). The molecule has 1 aliphatic rings. The summed E-state index contributed by atoms with van der Waals surface area (Å²) in [6.45, 7) is 0.639. The second kappa shape index (κ2) is 11.3. The lowest BCUT2D eigenvalue weighted by atomic mass is 9.94. The van der Waals surface area contributed by atoms with Gasteiger partial charge in [-0.25, -0.2) is 15.0 Å². The fraction of sp³-hybridized carbons (Fsp3) is 0.0488. The zero-order valence-corrected chi connectivity index (χ0v) is 25.4. The molecule has 0 amide bonds. The Balaban J connectivity index is 1.18. The molecule has 0 bridgehead atoms. The van der Waals surface area contributed by atoms with Gasteiger partial charge < -0.3 is 0 Å². The molecule has 0 fully saturated rings. The maximum absolute atomic E-state index is 5.18. The first kappa shape index (κ1) is 27.1. The predicted octanol–water partition coefficient (Wildman–Crippen LogP) is 7.54. The zero-order chi connectivity index (χ0) is 31.2. The van der Waals surface area contributed by atoms with Crippen LogP contribution >= 0.6 is 0 Å². The van der Waals surface area contributed by atoms with Crippen molar-refractivity contribution in [2.24, 2.45) is 4.99 Å². The lowest BCUT2D eigenvalue weighted by Crippen LogP contribution is -2.37. The second-order valence-electron chi connectivity index (χ2n) is 11.8. The van der Waals surface area contributed by atoms with E-state index < -0.39 is 0 Å². The normalized spacial score (nSPS) is 14.0. The summed E-state index contributed by atoms with van der Waals surface area (Å²) in [6.07, 6.45) is 6.27. The highest BCUT2D eigenvalue weighted by Crippen LogP contribution is 2.30. The highest BCUT2D eigenvalue weighted by Gasteiger charge is 2.19. The van der Waals surface area contributed by atoms with Gasteiger partial charge in [0.15, 0.2) is 11.5 Å². The summed E-state index contributed by atoms with van der Waals surface area (Å²) < 4.78 is 2.16. The second-order valence-corrected chi connectivity index (χ2v) is 11.8. The molecule has 47 heavy (non-hydrogen) atoms. The highest BCUT2D eigenvalue weighted by molar-refractivity contribution is 5.91. The molecule has 1 atom stereocenters. The Morgan fingerprint density at radius 3 is 1.98 bits per heavy atom. The number of rotatable bonds is 5. The van der Waals surface area contributed by atoms with Crippen LogP contribution in [0.2, 0.25) is 0 Å². The van der Waals surface area contributed by atoms with Crippen LogP contribution in [0.15, 0.2) is 151 Å². The van der Waals surface area contributed by atoms with Crippen LogP contribution < -0.4 is 10.7 Å². The minimum Gasteiger partial charge on any atom is -0.296 e. The molecule has 0 aliphatic carbocycles.